The summed E-state index contributed by atoms with van der Waals surface area (Å²) in [5.74, 6) is -1.60. The van der Waals surface area contributed by atoms with Crippen molar-refractivity contribution in [1.29, 1.82) is 0 Å². The van der Waals surface area contributed by atoms with Crippen LogP contribution >= 0.6 is 0 Å². The Morgan fingerprint density at radius 3 is 2.29 bits per heavy atom. The van der Waals surface area contributed by atoms with E-state index in [4.69, 9.17) is 14.6 Å². The molecular weight excluding hydrogens is 448 g/mol. The molecule has 35 heavy (non-hydrogen) atoms. The second kappa shape index (κ2) is 10.5. The van der Waals surface area contributed by atoms with Gasteiger partial charge in [-0.15, -0.1) is 0 Å². The first-order valence-corrected chi connectivity index (χ1v) is 12.0. The lowest BCUT2D eigenvalue weighted by molar-refractivity contribution is -0.137. The number of benzene rings is 2. The highest BCUT2D eigenvalue weighted by Crippen LogP contribution is 2.44. The molecule has 2 unspecified atom stereocenters. The van der Waals surface area contributed by atoms with Crippen LogP contribution in [0.4, 0.5) is 4.79 Å². The molecule has 2 amide bonds. The van der Waals surface area contributed by atoms with Crippen molar-refractivity contribution in [3.8, 4) is 11.1 Å². The standard InChI is InChI=1S/C27H32N2O6/c1-27(2)13-17(35-16-27)14-28-25(32)23(11-12-24(30)31)29-26(33)34-15-22-20-9-5-3-7-18(20)19-8-4-6-10-21(19)22/h3-10,17,22-23H,11-16H2,1-2H3,(H,28,32)(H,29,33)(H,30,31). The van der Waals surface area contributed by atoms with Crippen molar-refractivity contribution in [3.05, 3.63) is 59.7 Å². The Bertz CT molecular complexity index is 1050. The van der Waals surface area contributed by atoms with Crippen molar-refractivity contribution in [2.45, 2.75) is 51.2 Å². The molecule has 0 aromatic heterocycles. The lowest BCUT2D eigenvalue weighted by Gasteiger charge is -2.20. The fourth-order valence-corrected chi connectivity index (χ4v) is 4.87. The van der Waals surface area contributed by atoms with Crippen molar-refractivity contribution in [2.24, 2.45) is 5.41 Å². The first-order chi connectivity index (χ1) is 16.7. The van der Waals surface area contributed by atoms with E-state index in [9.17, 15) is 14.4 Å². The van der Waals surface area contributed by atoms with Crippen molar-refractivity contribution in [2.75, 3.05) is 19.8 Å². The molecule has 0 spiro atoms. The third kappa shape index (κ3) is 6.00. The van der Waals surface area contributed by atoms with Gasteiger partial charge >= 0.3 is 12.1 Å². The molecule has 8 nitrogen and oxygen atoms in total. The van der Waals surface area contributed by atoms with Gasteiger partial charge in [0.05, 0.1) is 12.7 Å². The van der Waals surface area contributed by atoms with E-state index in [0.717, 1.165) is 28.7 Å². The SMILES string of the molecule is CC1(C)COC(CNC(=O)C(CCC(=O)O)NC(=O)OCC2c3ccccc3-c3ccccc32)C1. The van der Waals surface area contributed by atoms with Crippen LogP contribution in [0.3, 0.4) is 0 Å². The van der Waals surface area contributed by atoms with Gasteiger partial charge in [0.1, 0.15) is 12.6 Å². The van der Waals surface area contributed by atoms with Gasteiger partial charge in [0.25, 0.3) is 0 Å². The average molecular weight is 481 g/mol. The van der Waals surface area contributed by atoms with Gasteiger partial charge < -0.3 is 25.2 Å². The van der Waals surface area contributed by atoms with E-state index >= 15 is 0 Å². The van der Waals surface area contributed by atoms with Crippen LogP contribution < -0.4 is 10.6 Å². The Morgan fingerprint density at radius 2 is 1.71 bits per heavy atom. The number of amides is 2. The Balaban J connectivity index is 1.35. The zero-order valence-electron chi connectivity index (χ0n) is 20.1. The fourth-order valence-electron chi connectivity index (χ4n) is 4.87. The maximum Gasteiger partial charge on any atom is 0.407 e. The second-order valence-electron chi connectivity index (χ2n) is 10.0. The van der Waals surface area contributed by atoms with E-state index in [1.54, 1.807) is 0 Å². The molecule has 2 aromatic carbocycles. The summed E-state index contributed by atoms with van der Waals surface area (Å²) in [6, 6.07) is 15.0. The summed E-state index contributed by atoms with van der Waals surface area (Å²) in [5, 5.41) is 14.4. The van der Waals surface area contributed by atoms with Crippen molar-refractivity contribution in [3.63, 3.8) is 0 Å². The van der Waals surface area contributed by atoms with Gasteiger partial charge in [-0.2, -0.15) is 0 Å². The number of rotatable bonds is 9. The van der Waals surface area contributed by atoms with Crippen LogP contribution in [-0.2, 0) is 19.1 Å². The summed E-state index contributed by atoms with van der Waals surface area (Å²) in [5.41, 5.74) is 4.46. The summed E-state index contributed by atoms with van der Waals surface area (Å²) >= 11 is 0. The number of alkyl carbamates (subject to hydrolysis) is 1. The third-order valence-electron chi connectivity index (χ3n) is 6.59. The van der Waals surface area contributed by atoms with Crippen LogP contribution in [0.1, 0.15) is 50.2 Å². The Hall–Kier alpha value is -3.39. The van der Waals surface area contributed by atoms with Crippen LogP contribution in [0.2, 0.25) is 0 Å². The summed E-state index contributed by atoms with van der Waals surface area (Å²) in [6.07, 6.45) is -0.344. The van der Waals surface area contributed by atoms with E-state index in [-0.39, 0.29) is 36.9 Å². The summed E-state index contributed by atoms with van der Waals surface area (Å²) in [4.78, 5) is 36.5. The van der Waals surface area contributed by atoms with E-state index in [1.165, 1.54) is 0 Å². The number of carbonyl (C=O) groups is 3. The highest BCUT2D eigenvalue weighted by molar-refractivity contribution is 5.86. The number of carboxylic acid groups (broad SMARTS) is 1. The predicted octanol–water partition coefficient (Wildman–Crippen LogP) is 3.69. The molecule has 186 valence electrons. The Labute approximate surface area is 205 Å². The van der Waals surface area contributed by atoms with Gasteiger partial charge in [-0.3, -0.25) is 9.59 Å². The van der Waals surface area contributed by atoms with E-state index < -0.39 is 24.0 Å². The minimum Gasteiger partial charge on any atom is -0.481 e. The maximum atomic E-state index is 12.8. The minimum atomic E-state index is -1.04. The number of fused-ring (bicyclic) bond motifs is 3. The molecule has 2 aromatic rings. The molecule has 3 N–H and O–H groups in total. The van der Waals surface area contributed by atoms with Gasteiger partial charge in [-0.1, -0.05) is 62.4 Å². The number of carboxylic acids is 1. The van der Waals surface area contributed by atoms with Gasteiger partial charge in [-0.25, -0.2) is 4.79 Å². The Kier molecular flexibility index (Phi) is 7.40. The van der Waals surface area contributed by atoms with E-state index in [1.807, 2.05) is 36.4 Å². The molecule has 8 heteroatoms. The van der Waals surface area contributed by atoms with Crippen molar-refractivity contribution >= 4 is 18.0 Å². The monoisotopic (exact) mass is 480 g/mol. The largest absolute Gasteiger partial charge is 0.481 e. The van der Waals surface area contributed by atoms with E-state index in [2.05, 4.69) is 36.6 Å². The molecule has 4 rings (SSSR count). The lowest BCUT2D eigenvalue weighted by Crippen LogP contribution is -2.48. The van der Waals surface area contributed by atoms with E-state index in [0.29, 0.717) is 13.2 Å². The lowest BCUT2D eigenvalue weighted by atomic mass is 9.91. The quantitative estimate of drug-likeness (QED) is 0.504. The molecule has 0 saturated carbocycles. The summed E-state index contributed by atoms with van der Waals surface area (Å²) < 4.78 is 11.2. The predicted molar refractivity (Wildman–Crippen MR) is 130 cm³/mol. The number of hydrogen-bond donors (Lipinski definition) is 3. The van der Waals surface area contributed by atoms with Gasteiger partial charge in [0.15, 0.2) is 0 Å². The molecule has 1 fully saturated rings. The van der Waals surface area contributed by atoms with Crippen LogP contribution in [0, 0.1) is 5.41 Å². The summed E-state index contributed by atoms with van der Waals surface area (Å²) in [6.45, 7) is 5.23. The topological polar surface area (TPSA) is 114 Å². The van der Waals surface area contributed by atoms with Crippen LogP contribution in [-0.4, -0.2) is 55.0 Å². The third-order valence-corrected chi connectivity index (χ3v) is 6.59. The number of nitrogens with one attached hydrogen (secondary N) is 2. The smallest absolute Gasteiger partial charge is 0.407 e. The molecule has 1 saturated heterocycles. The molecule has 1 aliphatic heterocycles. The second-order valence-corrected chi connectivity index (χ2v) is 10.0. The first kappa shape index (κ1) is 24.7. The normalized spacial score (nSPS) is 18.9. The zero-order chi connectivity index (χ0) is 25.0. The maximum absolute atomic E-state index is 12.8. The zero-order valence-corrected chi connectivity index (χ0v) is 20.1. The number of hydrogen-bond acceptors (Lipinski definition) is 5. The highest BCUT2D eigenvalue weighted by Gasteiger charge is 2.33. The average Bonchev–Trinajstić information content (AvgIpc) is 3.35. The summed E-state index contributed by atoms with van der Waals surface area (Å²) in [7, 11) is 0. The molecule has 1 heterocycles. The highest BCUT2D eigenvalue weighted by atomic mass is 16.5. The number of carbonyl (C=O) groups excluding carboxylic acids is 2. The molecule has 0 bridgehead atoms. The molecule has 1 aliphatic carbocycles. The van der Waals surface area contributed by atoms with Gasteiger partial charge in [-0.05, 0) is 40.5 Å². The molecular formula is C27H32N2O6. The van der Waals surface area contributed by atoms with Gasteiger partial charge in [0.2, 0.25) is 5.91 Å². The molecule has 0 radical (unpaired) electrons. The molecule has 2 atom stereocenters. The Morgan fingerprint density at radius 1 is 1.09 bits per heavy atom. The minimum absolute atomic E-state index is 0.0393. The first-order valence-electron chi connectivity index (χ1n) is 12.0. The number of aliphatic carboxylic acids is 1. The fraction of sp³-hybridized carbons (Fsp3) is 0.444. The van der Waals surface area contributed by atoms with Crippen molar-refractivity contribution < 1.29 is 29.0 Å². The van der Waals surface area contributed by atoms with Crippen LogP contribution in [0.25, 0.3) is 11.1 Å². The van der Waals surface area contributed by atoms with Crippen LogP contribution in [0.15, 0.2) is 48.5 Å². The molecule has 2 aliphatic rings. The van der Waals surface area contributed by atoms with Crippen LogP contribution in [0.5, 0.6) is 0 Å². The number of ether oxygens (including phenoxy) is 2. The van der Waals surface area contributed by atoms with Crippen molar-refractivity contribution in [1.82, 2.24) is 10.6 Å². The van der Waals surface area contributed by atoms with Gasteiger partial charge in [0, 0.05) is 18.9 Å².